The second-order valence-corrected chi connectivity index (χ2v) is 6.46. The Morgan fingerprint density at radius 1 is 1.15 bits per heavy atom. The van der Waals surface area contributed by atoms with Gasteiger partial charge in [-0.2, -0.15) is 0 Å². The molecule has 2 aromatic rings. The zero-order chi connectivity index (χ0) is 18.8. The SMILES string of the molecule is COc1c2c(cc(O)c1CC=C(C)C)OCC(c1ccc(O)cc1O)=C2. The Hall–Kier alpha value is -3.08. The molecule has 0 aliphatic carbocycles. The number of phenols is 3. The van der Waals surface area contributed by atoms with Crippen LogP contribution in [0.15, 0.2) is 35.9 Å². The van der Waals surface area contributed by atoms with Crippen molar-refractivity contribution < 1.29 is 24.8 Å². The molecule has 136 valence electrons. The lowest BCUT2D eigenvalue weighted by molar-refractivity contribution is 0.349. The molecular weight excluding hydrogens is 332 g/mol. The molecule has 0 amide bonds. The monoisotopic (exact) mass is 354 g/mol. The molecule has 0 radical (unpaired) electrons. The number of allylic oxidation sites excluding steroid dienone is 2. The Morgan fingerprint density at radius 2 is 1.92 bits per heavy atom. The van der Waals surface area contributed by atoms with Crippen LogP contribution in [0.1, 0.15) is 30.5 Å². The normalized spacial score (nSPS) is 12.7. The molecule has 3 rings (SSSR count). The molecule has 0 aromatic heterocycles. The van der Waals surface area contributed by atoms with E-state index in [1.807, 2.05) is 26.0 Å². The fourth-order valence-electron chi connectivity index (χ4n) is 2.99. The van der Waals surface area contributed by atoms with Crippen molar-refractivity contribution in [2.75, 3.05) is 13.7 Å². The number of aromatic hydroxyl groups is 3. The Bertz CT molecular complexity index is 905. The van der Waals surface area contributed by atoms with Gasteiger partial charge >= 0.3 is 0 Å². The topological polar surface area (TPSA) is 79.2 Å². The van der Waals surface area contributed by atoms with Gasteiger partial charge in [-0.05, 0) is 38.5 Å². The lowest BCUT2D eigenvalue weighted by Crippen LogP contribution is -2.09. The van der Waals surface area contributed by atoms with Gasteiger partial charge < -0.3 is 24.8 Å². The van der Waals surface area contributed by atoms with Crippen molar-refractivity contribution >= 4 is 11.6 Å². The summed E-state index contributed by atoms with van der Waals surface area (Å²) in [4.78, 5) is 0. The first-order valence-electron chi connectivity index (χ1n) is 8.32. The van der Waals surface area contributed by atoms with E-state index in [1.165, 1.54) is 12.1 Å². The highest BCUT2D eigenvalue weighted by molar-refractivity contribution is 5.90. The van der Waals surface area contributed by atoms with Crippen molar-refractivity contribution in [1.82, 2.24) is 0 Å². The summed E-state index contributed by atoms with van der Waals surface area (Å²) < 4.78 is 11.4. The van der Waals surface area contributed by atoms with Gasteiger partial charge in [-0.3, -0.25) is 0 Å². The largest absolute Gasteiger partial charge is 0.508 e. The molecule has 0 spiro atoms. The van der Waals surface area contributed by atoms with E-state index < -0.39 is 0 Å². The van der Waals surface area contributed by atoms with Gasteiger partial charge in [0.05, 0.1) is 12.7 Å². The average molecular weight is 354 g/mol. The lowest BCUT2D eigenvalue weighted by atomic mass is 9.96. The van der Waals surface area contributed by atoms with Gasteiger partial charge in [0, 0.05) is 28.8 Å². The molecule has 26 heavy (non-hydrogen) atoms. The molecule has 0 unspecified atom stereocenters. The molecule has 0 fully saturated rings. The van der Waals surface area contributed by atoms with E-state index in [0.29, 0.717) is 29.0 Å². The number of hydrogen-bond acceptors (Lipinski definition) is 5. The van der Waals surface area contributed by atoms with Crippen LogP contribution in [0.25, 0.3) is 11.6 Å². The van der Waals surface area contributed by atoms with Crippen LogP contribution in [0.3, 0.4) is 0 Å². The second-order valence-electron chi connectivity index (χ2n) is 6.46. The molecule has 1 aliphatic heterocycles. The van der Waals surface area contributed by atoms with Crippen molar-refractivity contribution in [1.29, 1.82) is 0 Å². The molecule has 2 aromatic carbocycles. The summed E-state index contributed by atoms with van der Waals surface area (Å²) in [5.74, 6) is 1.18. The van der Waals surface area contributed by atoms with Crippen molar-refractivity contribution in [3.63, 3.8) is 0 Å². The Morgan fingerprint density at radius 3 is 2.58 bits per heavy atom. The van der Waals surface area contributed by atoms with Gasteiger partial charge in [-0.15, -0.1) is 0 Å². The fourth-order valence-corrected chi connectivity index (χ4v) is 2.99. The van der Waals surface area contributed by atoms with Gasteiger partial charge in [-0.1, -0.05) is 11.6 Å². The molecule has 0 saturated heterocycles. The quantitative estimate of drug-likeness (QED) is 0.715. The van der Waals surface area contributed by atoms with Gasteiger partial charge in [0.2, 0.25) is 0 Å². The zero-order valence-corrected chi connectivity index (χ0v) is 15.0. The second kappa shape index (κ2) is 7.04. The molecule has 1 heterocycles. The molecule has 1 aliphatic rings. The van der Waals surface area contributed by atoms with Gasteiger partial charge in [-0.25, -0.2) is 0 Å². The summed E-state index contributed by atoms with van der Waals surface area (Å²) in [6.07, 6.45) is 4.44. The molecule has 0 bridgehead atoms. The summed E-state index contributed by atoms with van der Waals surface area (Å²) >= 11 is 0. The molecule has 5 nitrogen and oxygen atoms in total. The van der Waals surface area contributed by atoms with Crippen LogP contribution in [-0.2, 0) is 6.42 Å². The Labute approximate surface area is 152 Å². The van der Waals surface area contributed by atoms with Gasteiger partial charge in [0.15, 0.2) is 0 Å². The highest BCUT2D eigenvalue weighted by Crippen LogP contribution is 2.44. The van der Waals surface area contributed by atoms with E-state index in [-0.39, 0.29) is 23.9 Å². The van der Waals surface area contributed by atoms with Crippen LogP contribution in [0.5, 0.6) is 28.7 Å². The number of ether oxygens (including phenoxy) is 2. The van der Waals surface area contributed by atoms with E-state index in [9.17, 15) is 15.3 Å². The highest BCUT2D eigenvalue weighted by atomic mass is 16.5. The highest BCUT2D eigenvalue weighted by Gasteiger charge is 2.23. The maximum absolute atomic E-state index is 10.4. The standard InChI is InChI=1S/C21H22O5/c1-12(2)4-6-16-19(24)10-20-17(21(16)25-3)8-13(11-26-20)15-7-5-14(22)9-18(15)23/h4-5,7-10,22-24H,6,11H2,1-3H3. The molecule has 5 heteroatoms. The lowest BCUT2D eigenvalue weighted by Gasteiger charge is -2.23. The first kappa shape index (κ1) is 17.7. The van der Waals surface area contributed by atoms with E-state index in [4.69, 9.17) is 9.47 Å². The van der Waals surface area contributed by atoms with Gasteiger partial charge in [0.25, 0.3) is 0 Å². The van der Waals surface area contributed by atoms with Crippen LogP contribution >= 0.6 is 0 Å². The fraction of sp³-hybridized carbons (Fsp3) is 0.238. The maximum atomic E-state index is 10.4. The Kier molecular flexibility index (Phi) is 4.80. The summed E-state index contributed by atoms with van der Waals surface area (Å²) in [5, 5.41) is 30.0. The van der Waals surface area contributed by atoms with Crippen molar-refractivity contribution in [2.24, 2.45) is 0 Å². The van der Waals surface area contributed by atoms with E-state index in [0.717, 1.165) is 16.7 Å². The molecular formula is C21H22O5. The van der Waals surface area contributed by atoms with Crippen LogP contribution in [0, 0.1) is 0 Å². The van der Waals surface area contributed by atoms with E-state index >= 15 is 0 Å². The zero-order valence-electron chi connectivity index (χ0n) is 15.0. The first-order chi connectivity index (χ1) is 12.4. The molecule has 0 saturated carbocycles. The van der Waals surface area contributed by atoms with Crippen molar-refractivity contribution in [3.05, 3.63) is 52.6 Å². The minimum Gasteiger partial charge on any atom is -0.508 e. The van der Waals surface area contributed by atoms with Crippen LogP contribution in [0.4, 0.5) is 0 Å². The Balaban J connectivity index is 2.12. The third-order valence-electron chi connectivity index (χ3n) is 4.31. The van der Waals surface area contributed by atoms with Crippen LogP contribution in [-0.4, -0.2) is 29.0 Å². The summed E-state index contributed by atoms with van der Waals surface area (Å²) in [6.45, 7) is 4.23. The number of rotatable bonds is 4. The third kappa shape index (κ3) is 3.33. The predicted molar refractivity (Wildman–Crippen MR) is 101 cm³/mol. The number of fused-ring (bicyclic) bond motifs is 1. The number of phenolic OH excluding ortho intramolecular Hbond substituents is 3. The van der Waals surface area contributed by atoms with Crippen LogP contribution < -0.4 is 9.47 Å². The summed E-state index contributed by atoms with van der Waals surface area (Å²) in [7, 11) is 1.56. The van der Waals surface area contributed by atoms with E-state index in [2.05, 4.69) is 0 Å². The minimum atomic E-state index is -0.0224. The summed E-state index contributed by atoms with van der Waals surface area (Å²) in [5.41, 5.74) is 3.88. The predicted octanol–water partition coefficient (Wildman–Crippen LogP) is 4.25. The molecule has 0 atom stereocenters. The average Bonchev–Trinajstić information content (AvgIpc) is 2.59. The molecule has 3 N–H and O–H groups in total. The number of hydrogen-bond donors (Lipinski definition) is 3. The van der Waals surface area contributed by atoms with E-state index in [1.54, 1.807) is 19.2 Å². The van der Waals surface area contributed by atoms with Gasteiger partial charge in [0.1, 0.15) is 35.4 Å². The number of benzene rings is 2. The first-order valence-corrected chi connectivity index (χ1v) is 8.32. The van der Waals surface area contributed by atoms with Crippen LogP contribution in [0.2, 0.25) is 0 Å². The minimum absolute atomic E-state index is 0.00418. The smallest absolute Gasteiger partial charge is 0.137 e. The number of methoxy groups -OCH3 is 1. The van der Waals surface area contributed by atoms with Crippen molar-refractivity contribution in [3.8, 4) is 28.7 Å². The third-order valence-corrected chi connectivity index (χ3v) is 4.31. The van der Waals surface area contributed by atoms with Crippen molar-refractivity contribution in [2.45, 2.75) is 20.3 Å². The maximum Gasteiger partial charge on any atom is 0.137 e. The summed E-state index contributed by atoms with van der Waals surface area (Å²) in [6, 6.07) is 6.04.